The van der Waals surface area contributed by atoms with E-state index in [-0.39, 0.29) is 12.2 Å². The molecule has 1 atom stereocenters. The number of amides is 2. The summed E-state index contributed by atoms with van der Waals surface area (Å²) in [5.74, 6) is -1.44. The van der Waals surface area contributed by atoms with Gasteiger partial charge in [-0.05, 0) is 25.0 Å². The van der Waals surface area contributed by atoms with Gasteiger partial charge in [-0.1, -0.05) is 0 Å². The van der Waals surface area contributed by atoms with Crippen molar-refractivity contribution in [2.75, 3.05) is 18.4 Å². The SMILES string of the molecule is Cc1cc([N+](=O)[O-])ccc1NC(=O)N1CCC(C(=O)O)C1. The number of aliphatic carboxylic acids is 1. The van der Waals surface area contributed by atoms with Crippen LogP contribution in [0.25, 0.3) is 0 Å². The number of likely N-dealkylation sites (tertiary alicyclic amines) is 1. The Balaban J connectivity index is 2.03. The van der Waals surface area contributed by atoms with Crippen molar-refractivity contribution in [2.24, 2.45) is 5.92 Å². The highest BCUT2D eigenvalue weighted by molar-refractivity contribution is 5.91. The van der Waals surface area contributed by atoms with Crippen LogP contribution >= 0.6 is 0 Å². The normalized spacial score (nSPS) is 17.6. The Labute approximate surface area is 120 Å². The lowest BCUT2D eigenvalue weighted by Gasteiger charge is -2.17. The molecule has 0 spiro atoms. The van der Waals surface area contributed by atoms with Crippen LogP contribution in [-0.2, 0) is 4.79 Å². The fourth-order valence-corrected chi connectivity index (χ4v) is 2.24. The number of anilines is 1. The van der Waals surface area contributed by atoms with Gasteiger partial charge in [-0.2, -0.15) is 0 Å². The minimum atomic E-state index is -0.906. The molecule has 0 aromatic heterocycles. The molecule has 1 fully saturated rings. The van der Waals surface area contributed by atoms with Crippen molar-refractivity contribution in [2.45, 2.75) is 13.3 Å². The lowest BCUT2D eigenvalue weighted by atomic mass is 10.1. The maximum absolute atomic E-state index is 12.0. The molecule has 1 saturated heterocycles. The van der Waals surface area contributed by atoms with E-state index >= 15 is 0 Å². The number of carboxylic acid groups (broad SMARTS) is 1. The molecule has 1 unspecified atom stereocenters. The first-order chi connectivity index (χ1) is 9.88. The number of nitrogens with zero attached hydrogens (tertiary/aromatic N) is 2. The molecule has 21 heavy (non-hydrogen) atoms. The van der Waals surface area contributed by atoms with Crippen LogP contribution in [0.5, 0.6) is 0 Å². The highest BCUT2D eigenvalue weighted by Gasteiger charge is 2.31. The number of nitro groups is 1. The highest BCUT2D eigenvalue weighted by Crippen LogP contribution is 2.23. The van der Waals surface area contributed by atoms with Gasteiger partial charge in [-0.25, -0.2) is 4.79 Å². The number of urea groups is 1. The summed E-state index contributed by atoms with van der Waals surface area (Å²) >= 11 is 0. The number of aryl methyl sites for hydroxylation is 1. The number of hydrogen-bond donors (Lipinski definition) is 2. The summed E-state index contributed by atoms with van der Waals surface area (Å²) in [7, 11) is 0. The molecule has 1 aliphatic rings. The van der Waals surface area contributed by atoms with Crippen LogP contribution in [0.4, 0.5) is 16.2 Å². The van der Waals surface area contributed by atoms with E-state index in [2.05, 4.69) is 5.32 Å². The van der Waals surface area contributed by atoms with E-state index in [0.29, 0.717) is 24.2 Å². The first kappa shape index (κ1) is 14.8. The fourth-order valence-electron chi connectivity index (χ4n) is 2.24. The van der Waals surface area contributed by atoms with Gasteiger partial charge in [0.25, 0.3) is 5.69 Å². The molecule has 1 aromatic carbocycles. The van der Waals surface area contributed by atoms with Crippen molar-refractivity contribution >= 4 is 23.4 Å². The van der Waals surface area contributed by atoms with Gasteiger partial charge in [0.1, 0.15) is 0 Å². The number of nitro benzene ring substituents is 1. The summed E-state index contributed by atoms with van der Waals surface area (Å²) in [6, 6.07) is 3.76. The Hall–Kier alpha value is -2.64. The van der Waals surface area contributed by atoms with Crippen LogP contribution in [0.1, 0.15) is 12.0 Å². The zero-order chi connectivity index (χ0) is 15.6. The summed E-state index contributed by atoms with van der Waals surface area (Å²) in [6.45, 7) is 2.22. The third-order valence-corrected chi connectivity index (χ3v) is 3.49. The van der Waals surface area contributed by atoms with Crippen molar-refractivity contribution in [1.82, 2.24) is 4.90 Å². The third-order valence-electron chi connectivity index (χ3n) is 3.49. The molecule has 0 aliphatic carbocycles. The zero-order valence-electron chi connectivity index (χ0n) is 11.4. The summed E-state index contributed by atoms with van der Waals surface area (Å²) in [5, 5.41) is 22.2. The van der Waals surface area contributed by atoms with E-state index in [4.69, 9.17) is 5.11 Å². The second-order valence-electron chi connectivity index (χ2n) is 4.96. The zero-order valence-corrected chi connectivity index (χ0v) is 11.4. The van der Waals surface area contributed by atoms with Crippen molar-refractivity contribution in [3.63, 3.8) is 0 Å². The van der Waals surface area contributed by atoms with Crippen molar-refractivity contribution in [3.05, 3.63) is 33.9 Å². The molecule has 0 bridgehead atoms. The Morgan fingerprint density at radius 3 is 2.71 bits per heavy atom. The molecule has 1 aliphatic heterocycles. The van der Waals surface area contributed by atoms with Crippen molar-refractivity contribution < 1.29 is 19.6 Å². The number of carboxylic acids is 1. The number of carbonyl (C=O) groups excluding carboxylic acids is 1. The second kappa shape index (κ2) is 5.78. The van der Waals surface area contributed by atoms with Crippen LogP contribution in [-0.4, -0.2) is 40.0 Å². The topological polar surface area (TPSA) is 113 Å². The molecule has 2 rings (SSSR count). The quantitative estimate of drug-likeness (QED) is 0.652. The first-order valence-corrected chi connectivity index (χ1v) is 6.42. The van der Waals surface area contributed by atoms with E-state index in [1.165, 1.54) is 23.1 Å². The number of carbonyl (C=O) groups is 2. The van der Waals surface area contributed by atoms with Gasteiger partial charge in [0, 0.05) is 30.9 Å². The number of nitrogens with one attached hydrogen (secondary N) is 1. The van der Waals surface area contributed by atoms with Gasteiger partial charge in [0.2, 0.25) is 0 Å². The molecular weight excluding hydrogens is 278 g/mol. The first-order valence-electron chi connectivity index (χ1n) is 6.42. The molecule has 8 nitrogen and oxygen atoms in total. The van der Waals surface area contributed by atoms with Crippen LogP contribution < -0.4 is 5.32 Å². The predicted molar refractivity (Wildman–Crippen MR) is 74.2 cm³/mol. The Kier molecular flexibility index (Phi) is 4.06. The van der Waals surface area contributed by atoms with Crippen LogP contribution in [0, 0.1) is 23.0 Å². The standard InChI is InChI=1S/C13H15N3O5/c1-8-6-10(16(20)21)2-3-11(8)14-13(19)15-5-4-9(7-15)12(17)18/h2-3,6,9H,4-5,7H2,1H3,(H,14,19)(H,17,18). The lowest BCUT2D eigenvalue weighted by molar-refractivity contribution is -0.384. The average molecular weight is 293 g/mol. The Bertz CT molecular complexity index is 601. The van der Waals surface area contributed by atoms with Crippen molar-refractivity contribution in [3.8, 4) is 0 Å². The number of benzene rings is 1. The molecule has 2 N–H and O–H groups in total. The molecule has 8 heteroatoms. The molecule has 1 heterocycles. The minimum Gasteiger partial charge on any atom is -0.481 e. The molecule has 0 radical (unpaired) electrons. The van der Waals surface area contributed by atoms with Gasteiger partial charge in [-0.3, -0.25) is 14.9 Å². The van der Waals surface area contributed by atoms with Gasteiger partial charge in [0.15, 0.2) is 0 Å². The summed E-state index contributed by atoms with van der Waals surface area (Å²) in [6.07, 6.45) is 0.433. The van der Waals surface area contributed by atoms with Crippen molar-refractivity contribution in [1.29, 1.82) is 0 Å². The molecule has 2 amide bonds. The molecule has 0 saturated carbocycles. The number of hydrogen-bond acceptors (Lipinski definition) is 4. The highest BCUT2D eigenvalue weighted by atomic mass is 16.6. The maximum atomic E-state index is 12.0. The second-order valence-corrected chi connectivity index (χ2v) is 4.96. The summed E-state index contributed by atoms with van der Waals surface area (Å²) in [5.41, 5.74) is 1.01. The maximum Gasteiger partial charge on any atom is 0.321 e. The monoisotopic (exact) mass is 293 g/mol. The molecular formula is C13H15N3O5. The average Bonchev–Trinajstić information content (AvgIpc) is 2.90. The van der Waals surface area contributed by atoms with E-state index in [1.54, 1.807) is 6.92 Å². The number of non-ortho nitro benzene ring substituents is 1. The minimum absolute atomic E-state index is 0.0439. The fraction of sp³-hybridized carbons (Fsp3) is 0.385. The largest absolute Gasteiger partial charge is 0.481 e. The van der Waals surface area contributed by atoms with Gasteiger partial charge < -0.3 is 15.3 Å². The van der Waals surface area contributed by atoms with Crippen LogP contribution in [0.15, 0.2) is 18.2 Å². The van der Waals surface area contributed by atoms with E-state index in [9.17, 15) is 19.7 Å². The van der Waals surface area contributed by atoms with Gasteiger partial charge >= 0.3 is 12.0 Å². The van der Waals surface area contributed by atoms with E-state index in [0.717, 1.165) is 0 Å². The lowest BCUT2D eigenvalue weighted by Crippen LogP contribution is -2.34. The third kappa shape index (κ3) is 3.28. The Morgan fingerprint density at radius 1 is 1.48 bits per heavy atom. The smallest absolute Gasteiger partial charge is 0.321 e. The predicted octanol–water partition coefficient (Wildman–Crippen LogP) is 1.84. The summed E-state index contributed by atoms with van der Waals surface area (Å²) < 4.78 is 0. The van der Waals surface area contributed by atoms with Crippen LogP contribution in [0.2, 0.25) is 0 Å². The molecule has 112 valence electrons. The van der Waals surface area contributed by atoms with E-state index < -0.39 is 22.8 Å². The summed E-state index contributed by atoms with van der Waals surface area (Å²) in [4.78, 5) is 34.5. The van der Waals surface area contributed by atoms with E-state index in [1.807, 2.05) is 0 Å². The molecule has 1 aromatic rings. The van der Waals surface area contributed by atoms with Gasteiger partial charge in [0.05, 0.1) is 10.8 Å². The number of rotatable bonds is 3. The Morgan fingerprint density at radius 2 is 2.19 bits per heavy atom. The van der Waals surface area contributed by atoms with Gasteiger partial charge in [-0.15, -0.1) is 0 Å². The van der Waals surface area contributed by atoms with Crippen LogP contribution in [0.3, 0.4) is 0 Å².